The number of pyridine rings is 1. The predicted octanol–water partition coefficient (Wildman–Crippen LogP) is 3.92. The van der Waals surface area contributed by atoms with Gasteiger partial charge in [-0.05, 0) is 49.7 Å². The molecule has 0 unspecified atom stereocenters. The van der Waals surface area contributed by atoms with Crippen molar-refractivity contribution in [2.45, 2.75) is 26.4 Å². The van der Waals surface area contributed by atoms with Gasteiger partial charge in [-0.3, -0.25) is 4.79 Å². The number of carbonyl (C=O) groups excluding carboxylic acids is 1. The van der Waals surface area contributed by atoms with E-state index < -0.39 is 0 Å². The molecule has 9 heteroatoms. The van der Waals surface area contributed by atoms with E-state index in [-0.39, 0.29) is 18.4 Å². The van der Waals surface area contributed by atoms with Crippen molar-refractivity contribution in [3.8, 4) is 0 Å². The van der Waals surface area contributed by atoms with Gasteiger partial charge >= 0.3 is 0 Å². The fraction of sp³-hybridized carbons (Fsp3) is 0.200. The highest BCUT2D eigenvalue weighted by Crippen LogP contribution is 2.30. The van der Waals surface area contributed by atoms with Crippen LogP contribution >= 0.6 is 0 Å². The van der Waals surface area contributed by atoms with Gasteiger partial charge in [0, 0.05) is 35.4 Å². The number of nitrogens with one attached hydrogen (secondary N) is 3. The summed E-state index contributed by atoms with van der Waals surface area (Å²) in [6.07, 6.45) is 3.13. The van der Waals surface area contributed by atoms with Gasteiger partial charge < -0.3 is 27.4 Å². The molecule has 2 aromatic carbocycles. The number of benzene rings is 2. The summed E-state index contributed by atoms with van der Waals surface area (Å²) in [5.41, 5.74) is 16.1. The first-order valence-corrected chi connectivity index (χ1v) is 11.0. The van der Waals surface area contributed by atoms with Gasteiger partial charge in [-0.15, -0.1) is 0 Å². The van der Waals surface area contributed by atoms with Crippen LogP contribution in [0, 0.1) is 0 Å². The zero-order valence-corrected chi connectivity index (χ0v) is 19.2. The van der Waals surface area contributed by atoms with Crippen LogP contribution in [-0.2, 0) is 6.54 Å². The number of aromatic nitrogens is 3. The van der Waals surface area contributed by atoms with Gasteiger partial charge in [0.25, 0.3) is 0 Å². The molecule has 0 aliphatic rings. The Morgan fingerprint density at radius 3 is 2.65 bits per heavy atom. The van der Waals surface area contributed by atoms with Crippen LogP contribution in [0.5, 0.6) is 0 Å². The molecule has 0 amide bonds. The zero-order chi connectivity index (χ0) is 24.1. The molecule has 0 fully saturated rings. The van der Waals surface area contributed by atoms with E-state index in [9.17, 15) is 4.79 Å². The number of nitrogen functional groups attached to an aromatic ring is 1. The van der Waals surface area contributed by atoms with Crippen molar-refractivity contribution in [3.63, 3.8) is 0 Å². The highest BCUT2D eigenvalue weighted by molar-refractivity contribution is 6.09. The standard InChI is InChI=1S/C25H28N8O/c1-15(2)32-23-20(27)9-10-28-25(23)33-17-6-3-5-16(11-17)13-29-24-19-8-4-7-18(21(34)12-26)22(19)30-14-31-24/h3-11,14-15,32H,12-13,26H2,1-2H3,(H3,27,28,33)(H,29,30,31). The highest BCUT2D eigenvalue weighted by atomic mass is 16.1. The molecule has 0 saturated carbocycles. The molecule has 0 saturated heterocycles. The van der Waals surface area contributed by atoms with Crippen molar-refractivity contribution in [3.05, 3.63) is 72.2 Å². The molecule has 4 aromatic rings. The van der Waals surface area contributed by atoms with Gasteiger partial charge in [0.2, 0.25) is 0 Å². The summed E-state index contributed by atoms with van der Waals surface area (Å²) in [6, 6.07) is 15.4. The van der Waals surface area contributed by atoms with E-state index in [2.05, 4.69) is 30.9 Å². The molecule has 0 spiro atoms. The first-order chi connectivity index (χ1) is 16.5. The lowest BCUT2D eigenvalue weighted by molar-refractivity contribution is 0.100. The van der Waals surface area contributed by atoms with Crippen LogP contribution in [0.25, 0.3) is 10.9 Å². The average molecular weight is 457 g/mol. The monoisotopic (exact) mass is 456 g/mol. The molecule has 0 bridgehead atoms. The number of fused-ring (bicyclic) bond motifs is 1. The maximum Gasteiger partial charge on any atom is 0.178 e. The van der Waals surface area contributed by atoms with Crippen molar-refractivity contribution in [1.29, 1.82) is 0 Å². The van der Waals surface area contributed by atoms with Crippen LogP contribution in [0.15, 0.2) is 61.1 Å². The fourth-order valence-corrected chi connectivity index (χ4v) is 3.66. The number of para-hydroxylation sites is 1. The van der Waals surface area contributed by atoms with Crippen molar-refractivity contribution in [2.24, 2.45) is 5.73 Å². The van der Waals surface area contributed by atoms with Crippen LogP contribution < -0.4 is 27.4 Å². The molecule has 0 radical (unpaired) electrons. The van der Waals surface area contributed by atoms with E-state index in [1.54, 1.807) is 18.3 Å². The molecule has 0 atom stereocenters. The lowest BCUT2D eigenvalue weighted by atomic mass is 10.1. The fourth-order valence-electron chi connectivity index (χ4n) is 3.66. The Balaban J connectivity index is 1.54. The lowest BCUT2D eigenvalue weighted by Crippen LogP contribution is -2.14. The van der Waals surface area contributed by atoms with Crippen molar-refractivity contribution in [1.82, 2.24) is 15.0 Å². The van der Waals surface area contributed by atoms with Crippen LogP contribution in [0.2, 0.25) is 0 Å². The Bertz CT molecular complexity index is 1320. The van der Waals surface area contributed by atoms with Gasteiger partial charge in [0.05, 0.1) is 17.7 Å². The average Bonchev–Trinajstić information content (AvgIpc) is 2.84. The highest BCUT2D eigenvalue weighted by Gasteiger charge is 2.13. The van der Waals surface area contributed by atoms with Crippen LogP contribution in [-0.4, -0.2) is 33.3 Å². The second-order valence-electron chi connectivity index (χ2n) is 8.15. The van der Waals surface area contributed by atoms with E-state index in [1.807, 2.05) is 50.2 Å². The van der Waals surface area contributed by atoms with Gasteiger partial charge in [-0.25, -0.2) is 15.0 Å². The lowest BCUT2D eigenvalue weighted by Gasteiger charge is -2.17. The van der Waals surface area contributed by atoms with Crippen molar-refractivity contribution in [2.75, 3.05) is 28.2 Å². The number of hydrogen-bond donors (Lipinski definition) is 5. The SMILES string of the molecule is CC(C)Nc1c(N)ccnc1Nc1cccc(CNc2ncnc3c(C(=O)CN)cccc23)c1. The molecule has 0 aliphatic heterocycles. The van der Waals surface area contributed by atoms with Crippen molar-refractivity contribution < 1.29 is 4.79 Å². The summed E-state index contributed by atoms with van der Waals surface area (Å²) >= 11 is 0. The minimum atomic E-state index is -0.157. The summed E-state index contributed by atoms with van der Waals surface area (Å²) in [4.78, 5) is 25.3. The third-order valence-corrected chi connectivity index (χ3v) is 5.22. The Morgan fingerprint density at radius 2 is 1.85 bits per heavy atom. The molecule has 174 valence electrons. The molecule has 4 rings (SSSR count). The van der Waals surface area contributed by atoms with E-state index in [0.717, 1.165) is 22.3 Å². The van der Waals surface area contributed by atoms with E-state index in [0.29, 0.717) is 34.9 Å². The Morgan fingerprint density at radius 1 is 1.03 bits per heavy atom. The van der Waals surface area contributed by atoms with Gasteiger partial charge in [-0.2, -0.15) is 0 Å². The van der Waals surface area contributed by atoms with Gasteiger partial charge in [0.1, 0.15) is 17.8 Å². The smallest absolute Gasteiger partial charge is 0.178 e. The van der Waals surface area contributed by atoms with Gasteiger partial charge in [-0.1, -0.05) is 18.2 Å². The minimum Gasteiger partial charge on any atom is -0.397 e. The number of hydrogen-bond acceptors (Lipinski definition) is 9. The second kappa shape index (κ2) is 10.1. The quantitative estimate of drug-likeness (QED) is 0.237. The van der Waals surface area contributed by atoms with E-state index in [4.69, 9.17) is 11.5 Å². The van der Waals surface area contributed by atoms with Crippen molar-refractivity contribution >= 4 is 45.4 Å². The summed E-state index contributed by atoms with van der Waals surface area (Å²) in [5, 5.41) is 10.8. The minimum absolute atomic E-state index is 0.0675. The molecule has 0 aliphatic carbocycles. The first kappa shape index (κ1) is 22.9. The third-order valence-electron chi connectivity index (χ3n) is 5.22. The van der Waals surface area contributed by atoms with E-state index in [1.165, 1.54) is 6.33 Å². The Kier molecular flexibility index (Phi) is 6.84. The third kappa shape index (κ3) is 5.05. The zero-order valence-electron chi connectivity index (χ0n) is 19.2. The predicted molar refractivity (Wildman–Crippen MR) is 137 cm³/mol. The number of Topliss-reactive ketones (excluding diaryl/α,β-unsaturated/α-hetero) is 1. The van der Waals surface area contributed by atoms with E-state index >= 15 is 0 Å². The summed E-state index contributed by atoms with van der Waals surface area (Å²) in [5.74, 6) is 1.16. The number of nitrogens with two attached hydrogens (primary N) is 2. The molecular formula is C25H28N8O. The molecule has 2 heterocycles. The first-order valence-electron chi connectivity index (χ1n) is 11.0. The van der Waals surface area contributed by atoms with Crippen LogP contribution in [0.1, 0.15) is 29.8 Å². The van der Waals surface area contributed by atoms with Gasteiger partial charge in [0.15, 0.2) is 11.6 Å². The maximum absolute atomic E-state index is 12.2. The number of rotatable bonds is 9. The topological polar surface area (TPSA) is 144 Å². The number of ketones is 1. The molecule has 9 nitrogen and oxygen atoms in total. The Labute approximate surface area is 198 Å². The molecule has 2 aromatic heterocycles. The number of nitrogens with zero attached hydrogens (tertiary/aromatic N) is 3. The molecule has 34 heavy (non-hydrogen) atoms. The van der Waals surface area contributed by atoms with Crippen LogP contribution in [0.3, 0.4) is 0 Å². The summed E-state index contributed by atoms with van der Waals surface area (Å²) in [7, 11) is 0. The summed E-state index contributed by atoms with van der Waals surface area (Å²) in [6.45, 7) is 4.56. The molecular weight excluding hydrogens is 428 g/mol. The summed E-state index contributed by atoms with van der Waals surface area (Å²) < 4.78 is 0. The Hall–Kier alpha value is -4.24. The number of anilines is 5. The van der Waals surface area contributed by atoms with Crippen LogP contribution in [0.4, 0.5) is 28.7 Å². The maximum atomic E-state index is 12.2. The number of carbonyl (C=O) groups is 1. The normalized spacial score (nSPS) is 10.9. The largest absolute Gasteiger partial charge is 0.397 e. The molecule has 7 N–H and O–H groups in total. The second-order valence-corrected chi connectivity index (χ2v) is 8.15.